The summed E-state index contributed by atoms with van der Waals surface area (Å²) in [6, 6.07) is 9.30. The van der Waals surface area contributed by atoms with Crippen LogP contribution in [0.15, 0.2) is 30.3 Å². The van der Waals surface area contributed by atoms with Crippen molar-refractivity contribution < 1.29 is 52.8 Å². The molecule has 0 aromatic heterocycles. The maximum atomic E-state index is 12.9. The van der Waals surface area contributed by atoms with Crippen molar-refractivity contribution in [3.8, 4) is 0 Å². The first-order chi connectivity index (χ1) is 21.0. The number of rotatable bonds is 13. The minimum absolute atomic E-state index is 0.0760. The fourth-order valence-corrected chi connectivity index (χ4v) is 5.36. The Labute approximate surface area is 253 Å². The van der Waals surface area contributed by atoms with E-state index in [2.05, 4.69) is 0 Å². The molecule has 0 aliphatic carbocycles. The Bertz CT molecular complexity index is 1220. The maximum Gasteiger partial charge on any atom is 0.333 e. The van der Waals surface area contributed by atoms with Crippen molar-refractivity contribution in [1.29, 1.82) is 0 Å². The van der Waals surface area contributed by atoms with Crippen molar-refractivity contribution in [3.63, 3.8) is 0 Å². The highest BCUT2D eigenvalue weighted by Gasteiger charge is 2.43. The number of benzene rings is 1. The van der Waals surface area contributed by atoms with Crippen LogP contribution >= 0.6 is 0 Å². The summed E-state index contributed by atoms with van der Waals surface area (Å²) >= 11 is 0. The molecule has 3 aliphatic heterocycles. The molecule has 236 valence electrons. The third-order valence-corrected chi connectivity index (χ3v) is 7.88. The number of amides is 5. The highest BCUT2D eigenvalue weighted by atomic mass is 16.7. The van der Waals surface area contributed by atoms with Crippen molar-refractivity contribution >= 4 is 47.4 Å². The number of hydrogen-bond donors (Lipinski definition) is 0. The number of hydrogen-bond acceptors (Lipinski definition) is 11. The highest BCUT2D eigenvalue weighted by Crippen LogP contribution is 2.40. The van der Waals surface area contributed by atoms with E-state index in [-0.39, 0.29) is 95.8 Å². The van der Waals surface area contributed by atoms with E-state index in [4.69, 9.17) is 14.4 Å². The van der Waals surface area contributed by atoms with Gasteiger partial charge in [-0.1, -0.05) is 30.3 Å². The van der Waals surface area contributed by atoms with E-state index in [9.17, 15) is 38.4 Å². The van der Waals surface area contributed by atoms with Gasteiger partial charge in [-0.2, -0.15) is 0 Å². The number of nitrogens with zero attached hydrogens (tertiary/aromatic N) is 3. The molecule has 1 aromatic rings. The van der Waals surface area contributed by atoms with Crippen LogP contribution in [0.2, 0.25) is 0 Å². The van der Waals surface area contributed by atoms with Gasteiger partial charge in [0.05, 0.1) is 12.8 Å². The van der Waals surface area contributed by atoms with Gasteiger partial charge in [-0.05, 0) is 36.7 Å². The Hall–Kier alpha value is -4.62. The SMILES string of the molecule is O=C(CCCCC(=O)N1CCC(CC(=O)ON2C(=O)CCC2=O)(CC(=O)ON2C(=O)CCC2=O)CC1)OCc1ccccc1. The average Bonchev–Trinajstić information content (AvgIpc) is 3.49. The zero-order valence-electron chi connectivity index (χ0n) is 24.3. The number of carbonyl (C=O) groups excluding carboxylic acids is 8. The van der Waals surface area contributed by atoms with E-state index in [1.807, 2.05) is 30.3 Å². The molecule has 1 aromatic carbocycles. The normalized spacial score (nSPS) is 18.0. The first kappa shape index (κ1) is 32.3. The maximum absolute atomic E-state index is 12.9. The molecule has 4 rings (SSSR count). The summed E-state index contributed by atoms with van der Waals surface area (Å²) in [7, 11) is 0. The van der Waals surface area contributed by atoms with Crippen LogP contribution in [-0.4, -0.2) is 75.6 Å². The zero-order valence-corrected chi connectivity index (χ0v) is 24.3. The van der Waals surface area contributed by atoms with Crippen LogP contribution in [-0.2, 0) is 59.4 Å². The molecule has 14 nitrogen and oxygen atoms in total. The van der Waals surface area contributed by atoms with E-state index in [1.165, 1.54) is 0 Å². The number of unbranched alkanes of at least 4 members (excludes halogenated alkanes) is 1. The summed E-state index contributed by atoms with van der Waals surface area (Å²) in [5.74, 6) is -4.90. The molecule has 0 saturated carbocycles. The van der Waals surface area contributed by atoms with Gasteiger partial charge >= 0.3 is 17.9 Å². The molecule has 0 bridgehead atoms. The summed E-state index contributed by atoms with van der Waals surface area (Å²) in [6.45, 7) is 0.577. The van der Waals surface area contributed by atoms with E-state index in [1.54, 1.807) is 4.90 Å². The molecule has 3 heterocycles. The summed E-state index contributed by atoms with van der Waals surface area (Å²) in [5, 5.41) is 0.845. The minimum atomic E-state index is -1.08. The highest BCUT2D eigenvalue weighted by molar-refractivity contribution is 6.02. The Kier molecular flexibility index (Phi) is 10.8. The molecule has 5 amide bonds. The van der Waals surface area contributed by atoms with Crippen LogP contribution in [0.3, 0.4) is 0 Å². The van der Waals surface area contributed by atoms with E-state index >= 15 is 0 Å². The molecule has 0 unspecified atom stereocenters. The predicted molar refractivity (Wildman–Crippen MR) is 147 cm³/mol. The van der Waals surface area contributed by atoms with Crippen molar-refractivity contribution in [1.82, 2.24) is 15.0 Å². The smallest absolute Gasteiger partial charge is 0.333 e. The van der Waals surface area contributed by atoms with Crippen molar-refractivity contribution in [2.24, 2.45) is 5.41 Å². The van der Waals surface area contributed by atoms with Crippen molar-refractivity contribution in [2.75, 3.05) is 13.1 Å². The lowest BCUT2D eigenvalue weighted by Gasteiger charge is -2.41. The number of esters is 1. The van der Waals surface area contributed by atoms with Gasteiger partial charge in [0.15, 0.2) is 0 Å². The molecule has 0 atom stereocenters. The monoisotopic (exact) mass is 613 g/mol. The minimum Gasteiger partial charge on any atom is -0.461 e. The van der Waals surface area contributed by atoms with E-state index < -0.39 is 41.0 Å². The quantitative estimate of drug-likeness (QED) is 0.181. The van der Waals surface area contributed by atoms with Crippen LogP contribution in [0.25, 0.3) is 0 Å². The van der Waals surface area contributed by atoms with Crippen LogP contribution in [0.5, 0.6) is 0 Å². The lowest BCUT2D eigenvalue weighted by molar-refractivity contribution is -0.203. The topological polar surface area (TPSA) is 174 Å². The fourth-order valence-electron chi connectivity index (χ4n) is 5.36. The summed E-state index contributed by atoms with van der Waals surface area (Å²) < 4.78 is 5.25. The fraction of sp³-hybridized carbons (Fsp3) is 0.533. The van der Waals surface area contributed by atoms with Gasteiger partial charge in [0.25, 0.3) is 23.6 Å². The largest absolute Gasteiger partial charge is 0.461 e. The van der Waals surface area contributed by atoms with Crippen LogP contribution in [0.1, 0.15) is 82.6 Å². The second kappa shape index (κ2) is 14.7. The van der Waals surface area contributed by atoms with Gasteiger partial charge < -0.3 is 19.3 Å². The summed E-state index contributed by atoms with van der Waals surface area (Å²) in [6.07, 6.45) is 0.631. The Morgan fingerprint density at radius 1 is 0.659 bits per heavy atom. The molecular weight excluding hydrogens is 578 g/mol. The lowest BCUT2D eigenvalue weighted by Crippen LogP contribution is -2.46. The van der Waals surface area contributed by atoms with Gasteiger partial charge in [-0.3, -0.25) is 28.8 Å². The first-order valence-corrected chi connectivity index (χ1v) is 14.7. The number of likely N-dealkylation sites (tertiary alicyclic amines) is 1. The van der Waals surface area contributed by atoms with Gasteiger partial charge in [0.1, 0.15) is 6.61 Å². The third-order valence-electron chi connectivity index (χ3n) is 7.88. The lowest BCUT2D eigenvalue weighted by atomic mass is 9.73. The van der Waals surface area contributed by atoms with E-state index in [0.717, 1.165) is 5.56 Å². The predicted octanol–water partition coefficient (Wildman–Crippen LogP) is 1.89. The number of imide groups is 2. The van der Waals surface area contributed by atoms with E-state index in [0.29, 0.717) is 23.0 Å². The number of hydroxylamine groups is 4. The molecule has 44 heavy (non-hydrogen) atoms. The Morgan fingerprint density at radius 2 is 1.14 bits per heavy atom. The number of carbonyl (C=O) groups is 8. The van der Waals surface area contributed by atoms with Crippen molar-refractivity contribution in [3.05, 3.63) is 35.9 Å². The van der Waals surface area contributed by atoms with Gasteiger partial charge in [0, 0.05) is 51.6 Å². The molecule has 14 heteroatoms. The third kappa shape index (κ3) is 8.71. The molecular formula is C30H35N3O11. The van der Waals surface area contributed by atoms with Crippen LogP contribution in [0, 0.1) is 5.41 Å². The average molecular weight is 614 g/mol. The van der Waals surface area contributed by atoms with Crippen LogP contribution in [0.4, 0.5) is 0 Å². The molecule has 3 aliphatic rings. The number of piperidine rings is 1. The second-order valence-electron chi connectivity index (χ2n) is 11.2. The molecule has 3 saturated heterocycles. The number of ether oxygens (including phenoxy) is 1. The van der Waals surface area contributed by atoms with Gasteiger partial charge in [-0.15, -0.1) is 10.1 Å². The second-order valence-corrected chi connectivity index (χ2v) is 11.2. The summed E-state index contributed by atoms with van der Waals surface area (Å²) in [4.78, 5) is 110. The molecule has 0 radical (unpaired) electrons. The summed E-state index contributed by atoms with van der Waals surface area (Å²) in [5.41, 5.74) is -0.194. The van der Waals surface area contributed by atoms with Crippen LogP contribution < -0.4 is 0 Å². The Balaban J connectivity index is 1.27. The molecule has 0 N–H and O–H groups in total. The van der Waals surface area contributed by atoms with Crippen molar-refractivity contribution in [2.45, 2.75) is 83.7 Å². The zero-order chi connectivity index (χ0) is 31.7. The molecule has 3 fully saturated rings. The standard InChI is InChI=1S/C30H35N3O11/c34-22(8-4-5-9-27(39)42-20-21-6-2-1-3-7-21)31-16-14-30(15-17-31,18-28(40)43-32-23(35)10-11-24(32)36)19-29(41)44-33-25(37)12-13-26(33)38/h1-3,6-7H,4-5,8-20H2. The first-order valence-electron chi connectivity index (χ1n) is 14.7. The Morgan fingerprint density at radius 3 is 1.64 bits per heavy atom. The van der Waals surface area contributed by atoms with Gasteiger partial charge in [-0.25, -0.2) is 9.59 Å². The molecule has 0 spiro atoms. The van der Waals surface area contributed by atoms with Gasteiger partial charge in [0.2, 0.25) is 5.91 Å².